The molecule has 0 spiro atoms. The lowest BCUT2D eigenvalue weighted by molar-refractivity contribution is -0.138. The molecule has 1 rings (SSSR count). The SMILES string of the molecule is CNC(=O)CNc1nnc(C(F)(F)F)s1. The number of alkyl halides is 3. The molecular formula is C6H7F3N4OS. The Morgan fingerprint density at radius 1 is 1.47 bits per heavy atom. The fourth-order valence-electron chi connectivity index (χ4n) is 0.653. The van der Waals surface area contributed by atoms with Gasteiger partial charge in [0.2, 0.25) is 16.0 Å². The number of rotatable bonds is 3. The number of halogens is 3. The lowest BCUT2D eigenvalue weighted by Gasteiger charge is -1.99. The minimum Gasteiger partial charge on any atom is -0.358 e. The summed E-state index contributed by atoms with van der Waals surface area (Å²) in [6, 6.07) is 0. The number of amides is 1. The lowest BCUT2D eigenvalue weighted by atomic mass is 10.6. The zero-order valence-corrected chi connectivity index (χ0v) is 8.37. The third kappa shape index (κ3) is 3.35. The first kappa shape index (κ1) is 11.7. The van der Waals surface area contributed by atoms with Crippen molar-refractivity contribution in [1.82, 2.24) is 15.5 Å². The maximum atomic E-state index is 12.1. The van der Waals surface area contributed by atoms with Gasteiger partial charge >= 0.3 is 6.18 Å². The van der Waals surface area contributed by atoms with E-state index in [1.165, 1.54) is 7.05 Å². The minimum absolute atomic E-state index is 0.0362. The Labute approximate surface area is 86.7 Å². The Morgan fingerprint density at radius 2 is 2.13 bits per heavy atom. The van der Waals surface area contributed by atoms with Crippen molar-refractivity contribution >= 4 is 22.4 Å². The van der Waals surface area contributed by atoms with Crippen molar-refractivity contribution in [2.24, 2.45) is 0 Å². The van der Waals surface area contributed by atoms with Crippen molar-refractivity contribution in [3.63, 3.8) is 0 Å². The Balaban J connectivity index is 2.58. The van der Waals surface area contributed by atoms with Crippen molar-refractivity contribution in [1.29, 1.82) is 0 Å². The van der Waals surface area contributed by atoms with Crippen LogP contribution in [0.4, 0.5) is 18.3 Å². The molecule has 0 bridgehead atoms. The molecule has 0 fully saturated rings. The lowest BCUT2D eigenvalue weighted by Crippen LogP contribution is -2.26. The molecule has 0 atom stereocenters. The zero-order chi connectivity index (χ0) is 11.5. The number of carbonyl (C=O) groups is 1. The molecule has 84 valence electrons. The maximum absolute atomic E-state index is 12.1. The number of nitrogens with one attached hydrogen (secondary N) is 2. The first-order chi connectivity index (χ1) is 6.93. The Kier molecular flexibility index (Phi) is 3.45. The van der Waals surface area contributed by atoms with Gasteiger partial charge in [-0.3, -0.25) is 4.79 Å². The summed E-state index contributed by atoms with van der Waals surface area (Å²) in [5.74, 6) is -0.348. The van der Waals surface area contributed by atoms with Gasteiger partial charge in [-0.1, -0.05) is 11.3 Å². The number of carbonyl (C=O) groups excluding carboxylic acids is 1. The number of nitrogens with zero attached hydrogens (tertiary/aromatic N) is 2. The van der Waals surface area contributed by atoms with E-state index in [-0.39, 0.29) is 17.6 Å². The van der Waals surface area contributed by atoms with Crippen LogP contribution in [0.15, 0.2) is 0 Å². The molecule has 2 N–H and O–H groups in total. The maximum Gasteiger partial charge on any atom is 0.445 e. The van der Waals surface area contributed by atoms with Crippen LogP contribution in [0.25, 0.3) is 0 Å². The highest BCUT2D eigenvalue weighted by atomic mass is 32.1. The van der Waals surface area contributed by atoms with E-state index in [2.05, 4.69) is 20.8 Å². The molecule has 1 amide bonds. The second kappa shape index (κ2) is 4.43. The molecule has 1 aromatic heterocycles. The summed E-state index contributed by atoms with van der Waals surface area (Å²) in [4.78, 5) is 10.7. The molecule has 5 nitrogen and oxygen atoms in total. The average molecular weight is 240 g/mol. The minimum atomic E-state index is -4.50. The molecule has 0 unspecified atom stereocenters. The van der Waals surface area contributed by atoms with Gasteiger partial charge in [0, 0.05) is 7.05 Å². The molecule has 0 aliphatic rings. The molecule has 0 saturated heterocycles. The van der Waals surface area contributed by atoms with Gasteiger partial charge in [0.15, 0.2) is 0 Å². The number of hydrogen-bond donors (Lipinski definition) is 2. The molecule has 0 aliphatic heterocycles. The predicted octanol–water partition coefficient (Wildman–Crippen LogP) is 0.715. The van der Waals surface area contributed by atoms with Crippen LogP contribution in [0.2, 0.25) is 0 Å². The van der Waals surface area contributed by atoms with Gasteiger partial charge in [0.05, 0.1) is 6.54 Å². The standard InChI is InChI=1S/C6H7F3N4OS/c1-10-3(14)2-11-5-13-12-4(15-5)6(7,8)9/h2H2,1H3,(H,10,14)(H,11,13). The summed E-state index contributed by atoms with van der Waals surface area (Å²) in [5.41, 5.74) is 0. The first-order valence-electron chi connectivity index (χ1n) is 3.78. The first-order valence-corrected chi connectivity index (χ1v) is 4.60. The van der Waals surface area contributed by atoms with E-state index in [1.807, 2.05) is 0 Å². The quantitative estimate of drug-likeness (QED) is 0.816. The van der Waals surface area contributed by atoms with Crippen molar-refractivity contribution in [3.05, 3.63) is 5.01 Å². The summed E-state index contributed by atoms with van der Waals surface area (Å²) < 4.78 is 36.2. The summed E-state index contributed by atoms with van der Waals surface area (Å²) in [5, 5.41) is 9.84. The van der Waals surface area contributed by atoms with Crippen molar-refractivity contribution in [3.8, 4) is 0 Å². The largest absolute Gasteiger partial charge is 0.445 e. The number of hydrogen-bond acceptors (Lipinski definition) is 5. The molecule has 1 aromatic rings. The van der Waals surface area contributed by atoms with E-state index >= 15 is 0 Å². The van der Waals surface area contributed by atoms with E-state index in [9.17, 15) is 18.0 Å². The topological polar surface area (TPSA) is 66.9 Å². The van der Waals surface area contributed by atoms with E-state index < -0.39 is 11.2 Å². The third-order valence-electron chi connectivity index (χ3n) is 1.35. The third-order valence-corrected chi connectivity index (χ3v) is 2.27. The van der Waals surface area contributed by atoms with E-state index in [1.54, 1.807) is 0 Å². The zero-order valence-electron chi connectivity index (χ0n) is 7.55. The molecule has 0 aliphatic carbocycles. The molecular weight excluding hydrogens is 233 g/mol. The van der Waals surface area contributed by atoms with Crippen LogP contribution in [-0.2, 0) is 11.0 Å². The number of anilines is 1. The number of likely N-dealkylation sites (N-methyl/N-ethyl adjacent to an activating group) is 1. The van der Waals surface area contributed by atoms with Gasteiger partial charge < -0.3 is 10.6 Å². The van der Waals surface area contributed by atoms with Crippen LogP contribution in [-0.4, -0.2) is 29.7 Å². The summed E-state index contributed by atoms with van der Waals surface area (Å²) in [6.45, 7) is -0.136. The van der Waals surface area contributed by atoms with Gasteiger partial charge in [0.1, 0.15) is 0 Å². The van der Waals surface area contributed by atoms with Crippen LogP contribution < -0.4 is 10.6 Å². The highest BCUT2D eigenvalue weighted by Crippen LogP contribution is 2.32. The molecule has 0 radical (unpaired) electrons. The second-order valence-electron chi connectivity index (χ2n) is 2.44. The van der Waals surface area contributed by atoms with Crippen LogP contribution >= 0.6 is 11.3 Å². The summed E-state index contributed by atoms with van der Waals surface area (Å²) >= 11 is 0.354. The average Bonchev–Trinajstić information content (AvgIpc) is 2.61. The van der Waals surface area contributed by atoms with E-state index in [0.717, 1.165) is 0 Å². The molecule has 9 heteroatoms. The van der Waals surface area contributed by atoms with Gasteiger partial charge in [-0.25, -0.2) is 0 Å². The Bertz CT molecular complexity index is 350. The molecule has 1 heterocycles. The fourth-order valence-corrected chi connectivity index (χ4v) is 1.26. The van der Waals surface area contributed by atoms with Crippen molar-refractivity contribution in [2.45, 2.75) is 6.18 Å². The monoisotopic (exact) mass is 240 g/mol. The van der Waals surface area contributed by atoms with Gasteiger partial charge in [-0.05, 0) is 0 Å². The summed E-state index contributed by atoms with van der Waals surface area (Å²) in [7, 11) is 1.42. The highest BCUT2D eigenvalue weighted by molar-refractivity contribution is 7.15. The molecule has 0 aromatic carbocycles. The van der Waals surface area contributed by atoms with Crippen molar-refractivity contribution < 1.29 is 18.0 Å². The van der Waals surface area contributed by atoms with Crippen LogP contribution in [0.1, 0.15) is 5.01 Å². The van der Waals surface area contributed by atoms with Gasteiger partial charge in [-0.2, -0.15) is 13.2 Å². The van der Waals surface area contributed by atoms with Crippen molar-refractivity contribution in [2.75, 3.05) is 18.9 Å². The van der Waals surface area contributed by atoms with E-state index in [0.29, 0.717) is 11.3 Å². The molecule has 15 heavy (non-hydrogen) atoms. The smallest absolute Gasteiger partial charge is 0.358 e. The predicted molar refractivity (Wildman–Crippen MR) is 47.5 cm³/mol. The Morgan fingerprint density at radius 3 is 2.60 bits per heavy atom. The second-order valence-corrected chi connectivity index (χ2v) is 3.41. The van der Waals surface area contributed by atoms with Gasteiger partial charge in [0.25, 0.3) is 0 Å². The van der Waals surface area contributed by atoms with E-state index in [4.69, 9.17) is 0 Å². The van der Waals surface area contributed by atoms with Gasteiger partial charge in [-0.15, -0.1) is 10.2 Å². The summed E-state index contributed by atoms with van der Waals surface area (Å²) in [6.07, 6.45) is -4.50. The fraction of sp³-hybridized carbons (Fsp3) is 0.500. The molecule has 0 saturated carbocycles. The highest BCUT2D eigenvalue weighted by Gasteiger charge is 2.35. The Hall–Kier alpha value is -1.38. The van der Waals surface area contributed by atoms with Crippen LogP contribution in [0.3, 0.4) is 0 Å². The normalized spacial score (nSPS) is 11.2. The van der Waals surface area contributed by atoms with Crippen LogP contribution in [0, 0.1) is 0 Å². The van der Waals surface area contributed by atoms with Crippen LogP contribution in [0.5, 0.6) is 0 Å². The number of aromatic nitrogens is 2.